The Kier molecular flexibility index (Phi) is 2.78. The zero-order chi connectivity index (χ0) is 12.8. The van der Waals surface area contributed by atoms with Crippen LogP contribution in [0.1, 0.15) is 43.2 Å². The first kappa shape index (κ1) is 12.2. The zero-order valence-electron chi connectivity index (χ0n) is 11.3. The van der Waals surface area contributed by atoms with Gasteiger partial charge in [0.05, 0.1) is 6.54 Å². The van der Waals surface area contributed by atoms with Crippen molar-refractivity contribution in [1.29, 1.82) is 0 Å². The molecule has 0 spiro atoms. The minimum atomic E-state index is 0.0541. The number of aryl methyl sites for hydroxylation is 2. The number of hydrogen-bond acceptors (Lipinski definition) is 2. The Hall–Kier alpha value is -1.28. The standard InChI is InChI=1S/C15H21NO/c1-9-6-7-10(2)14-12(9)13(15(3,4)5)11(8-16)17-14/h6-7H,8,16H2,1-5H3. The van der Waals surface area contributed by atoms with E-state index in [-0.39, 0.29) is 5.41 Å². The van der Waals surface area contributed by atoms with E-state index in [0.29, 0.717) is 6.54 Å². The minimum Gasteiger partial charge on any atom is -0.459 e. The second-order valence-corrected chi connectivity index (χ2v) is 5.76. The topological polar surface area (TPSA) is 39.2 Å². The van der Waals surface area contributed by atoms with Gasteiger partial charge in [-0.1, -0.05) is 32.9 Å². The van der Waals surface area contributed by atoms with Crippen LogP contribution >= 0.6 is 0 Å². The monoisotopic (exact) mass is 231 g/mol. The van der Waals surface area contributed by atoms with Crippen LogP contribution in [0.15, 0.2) is 16.5 Å². The van der Waals surface area contributed by atoms with Gasteiger partial charge in [0.2, 0.25) is 0 Å². The van der Waals surface area contributed by atoms with Gasteiger partial charge in [0.25, 0.3) is 0 Å². The average Bonchev–Trinajstić information content (AvgIpc) is 2.63. The summed E-state index contributed by atoms with van der Waals surface area (Å²) >= 11 is 0. The SMILES string of the molecule is Cc1ccc(C)c2c(C(C)(C)C)c(CN)oc12. The van der Waals surface area contributed by atoms with E-state index in [2.05, 4.69) is 46.8 Å². The molecule has 1 aromatic heterocycles. The largest absolute Gasteiger partial charge is 0.459 e. The van der Waals surface area contributed by atoms with Crippen molar-refractivity contribution in [1.82, 2.24) is 0 Å². The lowest BCUT2D eigenvalue weighted by molar-refractivity contribution is 0.510. The van der Waals surface area contributed by atoms with Crippen molar-refractivity contribution in [3.63, 3.8) is 0 Å². The van der Waals surface area contributed by atoms with Crippen LogP contribution in [0.25, 0.3) is 11.0 Å². The summed E-state index contributed by atoms with van der Waals surface area (Å²) in [5.41, 5.74) is 10.6. The maximum atomic E-state index is 5.96. The molecule has 0 fully saturated rings. The molecule has 0 amide bonds. The van der Waals surface area contributed by atoms with Gasteiger partial charge >= 0.3 is 0 Å². The van der Waals surface area contributed by atoms with Crippen molar-refractivity contribution >= 4 is 11.0 Å². The Morgan fingerprint density at radius 1 is 1.12 bits per heavy atom. The van der Waals surface area contributed by atoms with E-state index in [1.54, 1.807) is 0 Å². The van der Waals surface area contributed by atoms with E-state index in [4.69, 9.17) is 10.2 Å². The van der Waals surface area contributed by atoms with Crippen LogP contribution in [0.5, 0.6) is 0 Å². The van der Waals surface area contributed by atoms with Crippen LogP contribution in [0.2, 0.25) is 0 Å². The predicted molar refractivity (Wildman–Crippen MR) is 72.3 cm³/mol. The van der Waals surface area contributed by atoms with Gasteiger partial charge in [0, 0.05) is 10.9 Å². The lowest BCUT2D eigenvalue weighted by atomic mass is 9.83. The number of furan rings is 1. The molecule has 0 bridgehead atoms. The predicted octanol–water partition coefficient (Wildman–Crippen LogP) is 3.81. The van der Waals surface area contributed by atoms with Crippen molar-refractivity contribution < 1.29 is 4.42 Å². The molecule has 2 heteroatoms. The van der Waals surface area contributed by atoms with Gasteiger partial charge in [-0.25, -0.2) is 0 Å². The molecule has 0 saturated carbocycles. The number of benzene rings is 1. The molecule has 0 radical (unpaired) electrons. The molecule has 0 aliphatic rings. The molecule has 0 unspecified atom stereocenters. The van der Waals surface area contributed by atoms with Crippen LogP contribution < -0.4 is 5.73 Å². The molecule has 0 atom stereocenters. The first-order valence-corrected chi connectivity index (χ1v) is 6.08. The zero-order valence-corrected chi connectivity index (χ0v) is 11.3. The molecule has 1 aromatic carbocycles. The van der Waals surface area contributed by atoms with Gasteiger partial charge in [-0.15, -0.1) is 0 Å². The second-order valence-electron chi connectivity index (χ2n) is 5.76. The maximum Gasteiger partial charge on any atom is 0.137 e. The van der Waals surface area contributed by atoms with Crippen molar-refractivity contribution in [2.24, 2.45) is 5.73 Å². The molecular weight excluding hydrogens is 210 g/mol. The highest BCUT2D eigenvalue weighted by Gasteiger charge is 2.26. The van der Waals surface area contributed by atoms with Crippen molar-refractivity contribution in [3.8, 4) is 0 Å². The fourth-order valence-electron chi connectivity index (χ4n) is 2.48. The van der Waals surface area contributed by atoms with E-state index >= 15 is 0 Å². The third-order valence-corrected chi connectivity index (χ3v) is 3.25. The summed E-state index contributed by atoms with van der Waals surface area (Å²) in [5.74, 6) is 0.921. The Morgan fingerprint density at radius 2 is 1.71 bits per heavy atom. The normalized spacial score (nSPS) is 12.4. The molecule has 1 heterocycles. The summed E-state index contributed by atoms with van der Waals surface area (Å²) in [4.78, 5) is 0. The summed E-state index contributed by atoms with van der Waals surface area (Å²) in [6.07, 6.45) is 0. The lowest BCUT2D eigenvalue weighted by Crippen LogP contribution is -2.14. The van der Waals surface area contributed by atoms with Gasteiger partial charge in [0.1, 0.15) is 11.3 Å². The Labute approximate surface area is 103 Å². The van der Waals surface area contributed by atoms with E-state index in [1.165, 1.54) is 22.1 Å². The molecule has 92 valence electrons. The molecule has 2 rings (SSSR count). The first-order chi connectivity index (χ1) is 7.86. The number of rotatable bonds is 1. The van der Waals surface area contributed by atoms with Crippen molar-refractivity contribution in [2.75, 3.05) is 0 Å². The van der Waals surface area contributed by atoms with Crippen LogP contribution in [0.3, 0.4) is 0 Å². The number of hydrogen-bond donors (Lipinski definition) is 1. The molecule has 2 N–H and O–H groups in total. The first-order valence-electron chi connectivity index (χ1n) is 6.08. The molecule has 2 nitrogen and oxygen atoms in total. The summed E-state index contributed by atoms with van der Waals surface area (Å²) in [7, 11) is 0. The maximum absolute atomic E-state index is 5.96. The van der Waals surface area contributed by atoms with Crippen LogP contribution in [-0.2, 0) is 12.0 Å². The van der Waals surface area contributed by atoms with Crippen LogP contribution in [0.4, 0.5) is 0 Å². The van der Waals surface area contributed by atoms with Crippen LogP contribution in [0, 0.1) is 13.8 Å². The molecule has 2 aromatic rings. The highest BCUT2D eigenvalue weighted by molar-refractivity contribution is 5.89. The second kappa shape index (κ2) is 3.88. The Balaban J connectivity index is 2.93. The van der Waals surface area contributed by atoms with Gasteiger partial charge in [0.15, 0.2) is 0 Å². The smallest absolute Gasteiger partial charge is 0.137 e. The number of nitrogens with two attached hydrogens (primary N) is 1. The summed E-state index contributed by atoms with van der Waals surface area (Å²) in [5, 5.41) is 1.25. The summed E-state index contributed by atoms with van der Waals surface area (Å²) < 4.78 is 5.96. The molecule has 0 aliphatic heterocycles. The third kappa shape index (κ3) is 1.87. The average molecular weight is 231 g/mol. The van der Waals surface area contributed by atoms with Crippen molar-refractivity contribution in [3.05, 3.63) is 34.6 Å². The highest BCUT2D eigenvalue weighted by atomic mass is 16.3. The van der Waals surface area contributed by atoms with Crippen molar-refractivity contribution in [2.45, 2.75) is 46.6 Å². The molecule has 17 heavy (non-hydrogen) atoms. The van der Waals surface area contributed by atoms with Gasteiger partial charge < -0.3 is 10.2 Å². The Bertz CT molecular complexity index is 558. The fraction of sp³-hybridized carbons (Fsp3) is 0.467. The quantitative estimate of drug-likeness (QED) is 0.810. The molecule has 0 saturated heterocycles. The summed E-state index contributed by atoms with van der Waals surface area (Å²) in [6, 6.07) is 4.26. The van der Waals surface area contributed by atoms with E-state index in [9.17, 15) is 0 Å². The lowest BCUT2D eigenvalue weighted by Gasteiger charge is -2.19. The fourth-order valence-corrected chi connectivity index (χ4v) is 2.48. The highest BCUT2D eigenvalue weighted by Crippen LogP contribution is 2.38. The van der Waals surface area contributed by atoms with E-state index in [0.717, 1.165) is 11.3 Å². The summed E-state index contributed by atoms with van der Waals surface area (Å²) in [6.45, 7) is 11.3. The van der Waals surface area contributed by atoms with E-state index in [1.807, 2.05) is 0 Å². The Morgan fingerprint density at radius 3 is 2.24 bits per heavy atom. The van der Waals surface area contributed by atoms with Crippen LogP contribution in [-0.4, -0.2) is 0 Å². The van der Waals surface area contributed by atoms with Gasteiger partial charge in [-0.05, 0) is 30.4 Å². The molecular formula is C15H21NO. The minimum absolute atomic E-state index is 0.0541. The molecule has 0 aliphatic carbocycles. The third-order valence-electron chi connectivity index (χ3n) is 3.25. The van der Waals surface area contributed by atoms with Gasteiger partial charge in [-0.2, -0.15) is 0 Å². The van der Waals surface area contributed by atoms with E-state index < -0.39 is 0 Å². The number of fused-ring (bicyclic) bond motifs is 1. The van der Waals surface area contributed by atoms with Gasteiger partial charge in [-0.3, -0.25) is 0 Å².